The summed E-state index contributed by atoms with van der Waals surface area (Å²) in [6.45, 7) is 4.20. The van der Waals surface area contributed by atoms with E-state index in [-0.39, 0.29) is 5.91 Å². The number of carbonyl (C=O) groups excluding carboxylic acids is 1. The number of nitrogens with one attached hydrogen (secondary N) is 1. The third kappa shape index (κ3) is 2.34. The molecule has 1 amide bonds. The number of likely N-dealkylation sites (N-methyl/N-ethyl adjacent to an activating group) is 1. The van der Waals surface area contributed by atoms with Gasteiger partial charge in [0.2, 0.25) is 5.91 Å². The maximum absolute atomic E-state index is 11.4. The Labute approximate surface area is 73.4 Å². The van der Waals surface area contributed by atoms with Crippen LogP contribution in [0.3, 0.4) is 0 Å². The first kappa shape index (κ1) is 9.26. The molecule has 1 N–H and O–H groups in total. The Balaban J connectivity index is 2.43. The lowest BCUT2D eigenvalue weighted by atomic mass is 10.1. The summed E-state index contributed by atoms with van der Waals surface area (Å²) in [5.74, 6) is 0.199. The van der Waals surface area contributed by atoms with Crippen LogP contribution in [-0.2, 0) is 4.79 Å². The number of amides is 1. The lowest BCUT2D eigenvalue weighted by Gasteiger charge is -2.26. The maximum atomic E-state index is 11.4. The molecule has 0 aromatic carbocycles. The molecule has 0 spiro atoms. The van der Waals surface area contributed by atoms with Gasteiger partial charge in [-0.1, -0.05) is 11.6 Å². The summed E-state index contributed by atoms with van der Waals surface area (Å²) in [6.07, 6.45) is 3.20. The molecule has 0 atom stereocenters. The van der Waals surface area contributed by atoms with Crippen molar-refractivity contribution in [1.82, 2.24) is 10.2 Å². The van der Waals surface area contributed by atoms with Gasteiger partial charge in [-0.25, -0.2) is 0 Å². The molecule has 1 rings (SSSR count). The fourth-order valence-corrected chi connectivity index (χ4v) is 1.39. The van der Waals surface area contributed by atoms with Crippen molar-refractivity contribution in [3.63, 3.8) is 0 Å². The van der Waals surface area contributed by atoms with Gasteiger partial charge in [-0.2, -0.15) is 0 Å². The van der Waals surface area contributed by atoms with Crippen molar-refractivity contribution in [2.45, 2.75) is 13.3 Å². The molecule has 12 heavy (non-hydrogen) atoms. The Morgan fingerprint density at radius 3 is 3.08 bits per heavy atom. The first-order valence-electron chi connectivity index (χ1n) is 4.32. The number of nitrogens with zero attached hydrogens (tertiary/aromatic N) is 1. The largest absolute Gasteiger partial charge is 0.337 e. The van der Waals surface area contributed by atoms with Crippen LogP contribution in [0, 0.1) is 0 Å². The van der Waals surface area contributed by atoms with Crippen LogP contribution in [0.1, 0.15) is 13.3 Å². The summed E-state index contributed by atoms with van der Waals surface area (Å²) < 4.78 is 0. The Hall–Kier alpha value is -0.830. The van der Waals surface area contributed by atoms with Gasteiger partial charge in [0.05, 0.1) is 6.54 Å². The highest BCUT2D eigenvalue weighted by atomic mass is 16.2. The minimum atomic E-state index is 0.199. The van der Waals surface area contributed by atoms with E-state index in [2.05, 4.69) is 18.3 Å². The smallest absolute Gasteiger partial charge is 0.236 e. The molecule has 0 saturated carbocycles. The second kappa shape index (κ2) is 4.26. The molecule has 0 bridgehead atoms. The maximum Gasteiger partial charge on any atom is 0.236 e. The first-order valence-corrected chi connectivity index (χ1v) is 4.32. The molecule has 0 aliphatic carbocycles. The summed E-state index contributed by atoms with van der Waals surface area (Å²) in [7, 11) is 1.80. The van der Waals surface area contributed by atoms with Crippen LogP contribution >= 0.6 is 0 Å². The number of hydrogen-bond acceptors (Lipinski definition) is 2. The Morgan fingerprint density at radius 2 is 2.50 bits per heavy atom. The van der Waals surface area contributed by atoms with Crippen molar-refractivity contribution in [2.24, 2.45) is 0 Å². The van der Waals surface area contributed by atoms with Crippen molar-refractivity contribution >= 4 is 5.91 Å². The van der Waals surface area contributed by atoms with Crippen LogP contribution in [0.15, 0.2) is 11.6 Å². The molecule has 0 aromatic heterocycles. The highest BCUT2D eigenvalue weighted by molar-refractivity contribution is 5.78. The molecule has 3 heteroatoms. The van der Waals surface area contributed by atoms with Crippen LogP contribution in [0.4, 0.5) is 0 Å². The molecule has 1 aliphatic heterocycles. The lowest BCUT2D eigenvalue weighted by molar-refractivity contribution is -0.129. The van der Waals surface area contributed by atoms with E-state index >= 15 is 0 Å². The summed E-state index contributed by atoms with van der Waals surface area (Å²) in [4.78, 5) is 13.3. The molecule has 0 aromatic rings. The highest BCUT2D eigenvalue weighted by Crippen LogP contribution is 2.07. The number of rotatable bonds is 2. The monoisotopic (exact) mass is 168 g/mol. The van der Waals surface area contributed by atoms with Gasteiger partial charge in [-0.05, 0) is 20.4 Å². The molecule has 1 aliphatic rings. The predicted molar refractivity (Wildman–Crippen MR) is 48.9 cm³/mol. The average molecular weight is 168 g/mol. The fraction of sp³-hybridized carbons (Fsp3) is 0.667. The average Bonchev–Trinajstić information content (AvgIpc) is 2.05. The van der Waals surface area contributed by atoms with Crippen LogP contribution in [-0.4, -0.2) is 37.5 Å². The molecule has 0 saturated heterocycles. The van der Waals surface area contributed by atoms with Crippen molar-refractivity contribution in [1.29, 1.82) is 0 Å². The minimum absolute atomic E-state index is 0.199. The van der Waals surface area contributed by atoms with Crippen molar-refractivity contribution in [2.75, 3.05) is 26.7 Å². The van der Waals surface area contributed by atoms with Gasteiger partial charge in [0.1, 0.15) is 0 Å². The molecule has 68 valence electrons. The summed E-state index contributed by atoms with van der Waals surface area (Å²) >= 11 is 0. The van der Waals surface area contributed by atoms with E-state index < -0.39 is 0 Å². The van der Waals surface area contributed by atoms with Gasteiger partial charge >= 0.3 is 0 Å². The van der Waals surface area contributed by atoms with Gasteiger partial charge in [0.25, 0.3) is 0 Å². The van der Waals surface area contributed by atoms with E-state index in [1.54, 1.807) is 7.05 Å². The third-order valence-corrected chi connectivity index (χ3v) is 2.01. The van der Waals surface area contributed by atoms with Gasteiger partial charge in [-0.3, -0.25) is 4.79 Å². The quantitative estimate of drug-likeness (QED) is 0.605. The van der Waals surface area contributed by atoms with Crippen LogP contribution < -0.4 is 5.32 Å². The zero-order valence-electron chi connectivity index (χ0n) is 7.76. The highest BCUT2D eigenvalue weighted by Gasteiger charge is 2.14. The Bertz CT molecular complexity index is 199. The Kier molecular flexibility index (Phi) is 3.29. The topological polar surface area (TPSA) is 32.3 Å². The van der Waals surface area contributed by atoms with Gasteiger partial charge < -0.3 is 10.2 Å². The fourth-order valence-electron chi connectivity index (χ4n) is 1.39. The standard InChI is InChI=1S/C9H16N2O/c1-8-4-3-5-11(7-8)9(12)6-10-2/h4,10H,3,5-7H2,1-2H3. The van der Waals surface area contributed by atoms with E-state index in [1.165, 1.54) is 5.57 Å². The number of carbonyl (C=O) groups is 1. The van der Waals surface area contributed by atoms with E-state index in [1.807, 2.05) is 4.90 Å². The second-order valence-electron chi connectivity index (χ2n) is 3.18. The van der Waals surface area contributed by atoms with Gasteiger partial charge in [0, 0.05) is 13.1 Å². The molecule has 1 heterocycles. The molecule has 0 radical (unpaired) electrons. The normalized spacial score (nSPS) is 17.5. The first-order chi connectivity index (χ1) is 5.74. The molecular weight excluding hydrogens is 152 g/mol. The summed E-state index contributed by atoms with van der Waals surface area (Å²) in [5.41, 5.74) is 1.30. The summed E-state index contributed by atoms with van der Waals surface area (Å²) in [5, 5.41) is 2.87. The number of hydrogen-bond donors (Lipinski definition) is 1. The molecule has 3 nitrogen and oxygen atoms in total. The SMILES string of the molecule is CNCC(=O)N1CCC=C(C)C1. The third-order valence-electron chi connectivity index (χ3n) is 2.01. The van der Waals surface area contributed by atoms with Crippen LogP contribution in [0.5, 0.6) is 0 Å². The zero-order chi connectivity index (χ0) is 8.97. The molecular formula is C9H16N2O. The Morgan fingerprint density at radius 1 is 1.75 bits per heavy atom. The molecule has 0 unspecified atom stereocenters. The molecule has 0 fully saturated rings. The van der Waals surface area contributed by atoms with E-state index in [4.69, 9.17) is 0 Å². The van der Waals surface area contributed by atoms with E-state index in [0.717, 1.165) is 19.5 Å². The van der Waals surface area contributed by atoms with Crippen molar-refractivity contribution < 1.29 is 4.79 Å². The minimum Gasteiger partial charge on any atom is -0.337 e. The van der Waals surface area contributed by atoms with Gasteiger partial charge in [-0.15, -0.1) is 0 Å². The zero-order valence-corrected chi connectivity index (χ0v) is 7.76. The van der Waals surface area contributed by atoms with Crippen molar-refractivity contribution in [3.8, 4) is 0 Å². The van der Waals surface area contributed by atoms with E-state index in [9.17, 15) is 4.79 Å². The van der Waals surface area contributed by atoms with Crippen molar-refractivity contribution in [3.05, 3.63) is 11.6 Å². The second-order valence-corrected chi connectivity index (χ2v) is 3.18. The predicted octanol–water partition coefficient (Wildman–Crippen LogP) is 0.384. The van der Waals surface area contributed by atoms with E-state index in [0.29, 0.717) is 6.54 Å². The lowest BCUT2D eigenvalue weighted by Crippen LogP contribution is -2.40. The summed E-state index contributed by atoms with van der Waals surface area (Å²) in [6, 6.07) is 0. The van der Waals surface area contributed by atoms with Crippen LogP contribution in [0.25, 0.3) is 0 Å². The van der Waals surface area contributed by atoms with Gasteiger partial charge in [0.15, 0.2) is 0 Å². The van der Waals surface area contributed by atoms with Crippen LogP contribution in [0.2, 0.25) is 0 Å².